The molecule has 1 aromatic carbocycles. The van der Waals surface area contributed by atoms with Crippen molar-refractivity contribution < 1.29 is 4.79 Å². The molecule has 1 unspecified atom stereocenters. The highest BCUT2D eigenvalue weighted by Crippen LogP contribution is 2.29. The van der Waals surface area contributed by atoms with Crippen LogP contribution in [0.4, 0.5) is 0 Å². The predicted octanol–water partition coefficient (Wildman–Crippen LogP) is 2.86. The van der Waals surface area contributed by atoms with Gasteiger partial charge in [0.25, 0.3) is 0 Å². The molecule has 1 aliphatic rings. The number of benzene rings is 1. The Kier molecular flexibility index (Phi) is 4.83. The Morgan fingerprint density at radius 3 is 2.89 bits per heavy atom. The van der Waals surface area contributed by atoms with Gasteiger partial charge in [-0.25, -0.2) is 0 Å². The second kappa shape index (κ2) is 6.40. The van der Waals surface area contributed by atoms with E-state index in [4.69, 9.17) is 11.6 Å². The molecular formula is C15H21ClN2O. The Morgan fingerprint density at radius 2 is 2.21 bits per heavy atom. The minimum absolute atomic E-state index is 0.0497. The van der Waals surface area contributed by atoms with E-state index in [9.17, 15) is 4.79 Å². The van der Waals surface area contributed by atoms with Gasteiger partial charge in [-0.3, -0.25) is 4.79 Å². The molecule has 1 fully saturated rings. The van der Waals surface area contributed by atoms with Crippen LogP contribution in [0, 0.1) is 5.92 Å². The van der Waals surface area contributed by atoms with Gasteiger partial charge in [-0.15, -0.1) is 0 Å². The van der Waals surface area contributed by atoms with E-state index >= 15 is 0 Å². The average molecular weight is 281 g/mol. The molecule has 1 aliphatic heterocycles. The van der Waals surface area contributed by atoms with Crippen LogP contribution in [0.15, 0.2) is 24.3 Å². The first-order valence-electron chi connectivity index (χ1n) is 6.84. The molecule has 1 N–H and O–H groups in total. The smallest absolute Gasteiger partial charge is 0.223 e. The van der Waals surface area contributed by atoms with E-state index in [2.05, 4.69) is 19.2 Å². The summed E-state index contributed by atoms with van der Waals surface area (Å²) in [5.41, 5.74) is 1.04. The van der Waals surface area contributed by atoms with Gasteiger partial charge in [0.15, 0.2) is 0 Å². The average Bonchev–Trinajstić information content (AvgIpc) is 2.38. The van der Waals surface area contributed by atoms with Crippen LogP contribution in [0.5, 0.6) is 0 Å². The van der Waals surface area contributed by atoms with Crippen LogP contribution in [-0.4, -0.2) is 30.4 Å². The molecule has 0 aliphatic carbocycles. The Morgan fingerprint density at radius 1 is 1.47 bits per heavy atom. The molecule has 19 heavy (non-hydrogen) atoms. The third-order valence-corrected chi connectivity index (χ3v) is 3.76. The van der Waals surface area contributed by atoms with Gasteiger partial charge < -0.3 is 10.2 Å². The van der Waals surface area contributed by atoms with Gasteiger partial charge in [-0.2, -0.15) is 0 Å². The molecular weight excluding hydrogens is 260 g/mol. The van der Waals surface area contributed by atoms with E-state index in [0.717, 1.165) is 30.2 Å². The molecule has 1 atom stereocenters. The van der Waals surface area contributed by atoms with Gasteiger partial charge in [0, 0.05) is 31.1 Å². The fourth-order valence-electron chi connectivity index (χ4n) is 2.49. The highest BCUT2D eigenvalue weighted by atomic mass is 35.5. The molecule has 3 nitrogen and oxygen atoms in total. The van der Waals surface area contributed by atoms with Crippen LogP contribution in [0.1, 0.15) is 31.9 Å². The monoisotopic (exact) mass is 280 g/mol. The number of nitrogens with one attached hydrogen (secondary N) is 1. The van der Waals surface area contributed by atoms with Crippen LogP contribution in [0.25, 0.3) is 0 Å². The van der Waals surface area contributed by atoms with Crippen molar-refractivity contribution in [1.29, 1.82) is 0 Å². The summed E-state index contributed by atoms with van der Waals surface area (Å²) in [6.45, 7) is 6.52. The molecule has 104 valence electrons. The van der Waals surface area contributed by atoms with E-state index in [-0.39, 0.29) is 11.9 Å². The molecule has 1 saturated heterocycles. The van der Waals surface area contributed by atoms with Crippen molar-refractivity contribution in [2.75, 3.05) is 19.6 Å². The summed E-state index contributed by atoms with van der Waals surface area (Å²) >= 11 is 6.27. The summed E-state index contributed by atoms with van der Waals surface area (Å²) in [4.78, 5) is 14.3. The van der Waals surface area contributed by atoms with Crippen molar-refractivity contribution in [3.05, 3.63) is 34.9 Å². The Labute approximate surface area is 119 Å². The molecule has 2 rings (SSSR count). The molecule has 1 amide bonds. The zero-order valence-corrected chi connectivity index (χ0v) is 12.3. The first kappa shape index (κ1) is 14.4. The van der Waals surface area contributed by atoms with E-state index in [1.165, 1.54) is 0 Å². The van der Waals surface area contributed by atoms with Crippen molar-refractivity contribution in [3.8, 4) is 0 Å². The minimum atomic E-state index is 0.0497. The van der Waals surface area contributed by atoms with E-state index in [1.54, 1.807) is 0 Å². The van der Waals surface area contributed by atoms with Gasteiger partial charge in [-0.1, -0.05) is 43.6 Å². The lowest BCUT2D eigenvalue weighted by atomic mass is 10.0. The summed E-state index contributed by atoms with van der Waals surface area (Å²) in [6.07, 6.45) is 0.598. The van der Waals surface area contributed by atoms with Crippen LogP contribution in [-0.2, 0) is 4.79 Å². The largest absolute Gasteiger partial charge is 0.333 e. The van der Waals surface area contributed by atoms with Gasteiger partial charge in [-0.05, 0) is 17.5 Å². The molecule has 4 heteroatoms. The number of carbonyl (C=O) groups is 1. The molecule has 0 radical (unpaired) electrons. The summed E-state index contributed by atoms with van der Waals surface area (Å²) in [7, 11) is 0. The SMILES string of the molecule is CC(C)CC(=O)N1CCNCC1c1ccccc1Cl. The number of piperazine rings is 1. The number of amides is 1. The lowest BCUT2D eigenvalue weighted by Gasteiger charge is -2.37. The molecule has 0 bridgehead atoms. The normalized spacial score (nSPS) is 19.8. The number of hydrogen-bond acceptors (Lipinski definition) is 2. The topological polar surface area (TPSA) is 32.3 Å². The van der Waals surface area contributed by atoms with E-state index in [1.807, 2.05) is 29.2 Å². The first-order chi connectivity index (χ1) is 9.09. The standard InChI is InChI=1S/C15H21ClN2O/c1-11(2)9-15(19)18-8-7-17-10-14(18)12-5-3-4-6-13(12)16/h3-6,11,14,17H,7-10H2,1-2H3. The first-order valence-corrected chi connectivity index (χ1v) is 7.22. The second-order valence-corrected chi connectivity index (χ2v) is 5.83. The van der Waals surface area contributed by atoms with Crippen LogP contribution >= 0.6 is 11.6 Å². The van der Waals surface area contributed by atoms with Crippen LogP contribution in [0.2, 0.25) is 5.02 Å². The van der Waals surface area contributed by atoms with Crippen molar-refractivity contribution in [2.24, 2.45) is 5.92 Å². The quantitative estimate of drug-likeness (QED) is 0.923. The van der Waals surface area contributed by atoms with Crippen molar-refractivity contribution in [3.63, 3.8) is 0 Å². The lowest BCUT2D eigenvalue weighted by Crippen LogP contribution is -2.49. The van der Waals surface area contributed by atoms with E-state index in [0.29, 0.717) is 12.3 Å². The summed E-state index contributed by atoms with van der Waals surface area (Å²) in [6, 6.07) is 7.84. The van der Waals surface area contributed by atoms with Crippen molar-refractivity contribution >= 4 is 17.5 Å². The Bertz CT molecular complexity index is 448. The molecule has 0 aromatic heterocycles. The van der Waals surface area contributed by atoms with Gasteiger partial charge >= 0.3 is 0 Å². The number of halogens is 1. The highest BCUT2D eigenvalue weighted by molar-refractivity contribution is 6.31. The molecule has 1 aromatic rings. The van der Waals surface area contributed by atoms with Crippen molar-refractivity contribution in [1.82, 2.24) is 10.2 Å². The summed E-state index contributed by atoms with van der Waals surface area (Å²) in [5, 5.41) is 4.08. The predicted molar refractivity (Wildman–Crippen MR) is 78.2 cm³/mol. The zero-order valence-electron chi connectivity index (χ0n) is 11.5. The fourth-order valence-corrected chi connectivity index (χ4v) is 2.75. The maximum Gasteiger partial charge on any atom is 0.223 e. The summed E-state index contributed by atoms with van der Waals surface area (Å²) in [5.74, 6) is 0.607. The van der Waals surface area contributed by atoms with Crippen LogP contribution in [0.3, 0.4) is 0 Å². The molecule has 0 spiro atoms. The molecule has 0 saturated carbocycles. The van der Waals surface area contributed by atoms with E-state index < -0.39 is 0 Å². The number of carbonyl (C=O) groups excluding carboxylic acids is 1. The highest BCUT2D eigenvalue weighted by Gasteiger charge is 2.29. The zero-order chi connectivity index (χ0) is 13.8. The van der Waals surface area contributed by atoms with Crippen LogP contribution < -0.4 is 5.32 Å². The van der Waals surface area contributed by atoms with Crippen molar-refractivity contribution in [2.45, 2.75) is 26.3 Å². The number of hydrogen-bond donors (Lipinski definition) is 1. The maximum atomic E-state index is 12.4. The lowest BCUT2D eigenvalue weighted by molar-refractivity contribution is -0.135. The number of nitrogens with zero attached hydrogens (tertiary/aromatic N) is 1. The van der Waals surface area contributed by atoms with Gasteiger partial charge in [0.2, 0.25) is 5.91 Å². The Balaban J connectivity index is 2.21. The summed E-state index contributed by atoms with van der Waals surface area (Å²) < 4.78 is 0. The number of rotatable bonds is 3. The van der Waals surface area contributed by atoms with Gasteiger partial charge in [0.1, 0.15) is 0 Å². The Hall–Kier alpha value is -1.06. The minimum Gasteiger partial charge on any atom is -0.333 e. The van der Waals surface area contributed by atoms with Gasteiger partial charge in [0.05, 0.1) is 6.04 Å². The third kappa shape index (κ3) is 3.48. The second-order valence-electron chi connectivity index (χ2n) is 5.43. The maximum absolute atomic E-state index is 12.4. The third-order valence-electron chi connectivity index (χ3n) is 3.41. The fraction of sp³-hybridized carbons (Fsp3) is 0.533. The molecule has 1 heterocycles.